The number of hydrogen-bond donors (Lipinski definition) is 1. The zero-order valence-corrected chi connectivity index (χ0v) is 10.2. The van der Waals surface area contributed by atoms with Crippen molar-refractivity contribution in [3.05, 3.63) is 40.7 Å². The highest BCUT2D eigenvalue weighted by Crippen LogP contribution is 2.24. The number of anilines is 1. The monoisotopic (exact) mass is 215 g/mol. The van der Waals surface area contributed by atoms with Gasteiger partial charge in [-0.3, -0.25) is 0 Å². The van der Waals surface area contributed by atoms with Crippen molar-refractivity contribution < 1.29 is 0 Å². The summed E-state index contributed by atoms with van der Waals surface area (Å²) in [6.45, 7) is 8.23. The summed E-state index contributed by atoms with van der Waals surface area (Å²) in [5.74, 6) is 0. The molecule has 2 rings (SSSR count). The van der Waals surface area contributed by atoms with Gasteiger partial charge in [0, 0.05) is 5.69 Å². The number of nitrogens with two attached hydrogens (primary N) is 1. The molecule has 0 atom stereocenters. The van der Waals surface area contributed by atoms with E-state index < -0.39 is 0 Å². The van der Waals surface area contributed by atoms with Crippen LogP contribution in [0.3, 0.4) is 0 Å². The molecule has 0 aliphatic carbocycles. The molecule has 2 aromatic rings. The van der Waals surface area contributed by atoms with Crippen molar-refractivity contribution in [2.45, 2.75) is 27.7 Å². The van der Waals surface area contributed by atoms with Crippen LogP contribution >= 0.6 is 0 Å². The van der Waals surface area contributed by atoms with Crippen molar-refractivity contribution in [2.24, 2.45) is 0 Å². The summed E-state index contributed by atoms with van der Waals surface area (Å²) in [6, 6.07) is 5.93. The Bertz CT molecular complexity index is 518. The van der Waals surface area contributed by atoms with E-state index >= 15 is 0 Å². The van der Waals surface area contributed by atoms with Crippen LogP contribution in [0.15, 0.2) is 18.2 Å². The Labute approximate surface area is 95.9 Å². The SMILES string of the molecule is Cc1cccc(N)c1-n1nc(C)c(C)c1C. The van der Waals surface area contributed by atoms with Gasteiger partial charge in [-0.1, -0.05) is 12.1 Å². The highest BCUT2D eigenvalue weighted by molar-refractivity contribution is 5.62. The van der Waals surface area contributed by atoms with Crippen molar-refractivity contribution in [1.82, 2.24) is 9.78 Å². The first-order valence-electron chi connectivity index (χ1n) is 5.40. The number of nitrogen functional groups attached to an aromatic ring is 1. The van der Waals surface area contributed by atoms with E-state index in [1.165, 1.54) is 5.56 Å². The van der Waals surface area contributed by atoms with E-state index in [2.05, 4.69) is 31.9 Å². The third-order valence-corrected chi connectivity index (χ3v) is 3.13. The van der Waals surface area contributed by atoms with E-state index in [1.807, 2.05) is 23.7 Å². The van der Waals surface area contributed by atoms with Crippen LogP contribution in [0.4, 0.5) is 5.69 Å². The quantitative estimate of drug-likeness (QED) is 0.743. The molecule has 0 saturated carbocycles. The maximum absolute atomic E-state index is 6.02. The molecule has 0 aliphatic heterocycles. The zero-order chi connectivity index (χ0) is 11.9. The van der Waals surface area contributed by atoms with Crippen LogP contribution in [0.2, 0.25) is 0 Å². The van der Waals surface area contributed by atoms with Gasteiger partial charge >= 0.3 is 0 Å². The van der Waals surface area contributed by atoms with E-state index in [-0.39, 0.29) is 0 Å². The largest absolute Gasteiger partial charge is 0.397 e. The Kier molecular flexibility index (Phi) is 2.46. The van der Waals surface area contributed by atoms with Crippen LogP contribution in [0.25, 0.3) is 5.69 Å². The van der Waals surface area contributed by atoms with Gasteiger partial charge in [-0.15, -0.1) is 0 Å². The molecule has 3 nitrogen and oxygen atoms in total. The number of aromatic nitrogens is 2. The van der Waals surface area contributed by atoms with Gasteiger partial charge in [-0.05, 0) is 44.9 Å². The molecule has 0 radical (unpaired) electrons. The average molecular weight is 215 g/mol. The van der Waals surface area contributed by atoms with Gasteiger partial charge < -0.3 is 5.73 Å². The topological polar surface area (TPSA) is 43.8 Å². The predicted octanol–water partition coefficient (Wildman–Crippen LogP) is 2.69. The predicted molar refractivity (Wildman–Crippen MR) is 66.9 cm³/mol. The summed E-state index contributed by atoms with van der Waals surface area (Å²) in [5.41, 5.74) is 12.4. The van der Waals surface area contributed by atoms with E-state index in [4.69, 9.17) is 5.73 Å². The number of benzene rings is 1. The van der Waals surface area contributed by atoms with Crippen LogP contribution in [-0.2, 0) is 0 Å². The summed E-state index contributed by atoms with van der Waals surface area (Å²) in [7, 11) is 0. The Morgan fingerprint density at radius 1 is 1.12 bits per heavy atom. The minimum absolute atomic E-state index is 0.769. The molecule has 0 bridgehead atoms. The molecule has 0 fully saturated rings. The maximum Gasteiger partial charge on any atom is 0.0907 e. The second kappa shape index (κ2) is 3.67. The Morgan fingerprint density at radius 3 is 2.31 bits per heavy atom. The van der Waals surface area contributed by atoms with Gasteiger partial charge in [-0.2, -0.15) is 5.10 Å². The van der Waals surface area contributed by atoms with Crippen molar-refractivity contribution in [3.8, 4) is 5.69 Å². The highest BCUT2D eigenvalue weighted by atomic mass is 15.3. The lowest BCUT2D eigenvalue weighted by Gasteiger charge is -2.11. The standard InChI is InChI=1S/C13H17N3/c1-8-6-5-7-12(14)13(8)16-11(4)9(2)10(3)15-16/h5-7H,14H2,1-4H3. The first-order valence-corrected chi connectivity index (χ1v) is 5.40. The first kappa shape index (κ1) is 10.7. The van der Waals surface area contributed by atoms with Gasteiger partial charge in [0.2, 0.25) is 0 Å². The fourth-order valence-corrected chi connectivity index (χ4v) is 1.91. The fraction of sp³-hybridized carbons (Fsp3) is 0.308. The molecule has 0 spiro atoms. The Hall–Kier alpha value is -1.77. The van der Waals surface area contributed by atoms with Gasteiger partial charge in [0.25, 0.3) is 0 Å². The molecule has 2 N–H and O–H groups in total. The third-order valence-electron chi connectivity index (χ3n) is 3.13. The number of rotatable bonds is 1. The second-order valence-corrected chi connectivity index (χ2v) is 4.22. The lowest BCUT2D eigenvalue weighted by molar-refractivity contribution is 0.829. The second-order valence-electron chi connectivity index (χ2n) is 4.22. The summed E-state index contributed by atoms with van der Waals surface area (Å²) in [4.78, 5) is 0. The lowest BCUT2D eigenvalue weighted by Crippen LogP contribution is -2.05. The van der Waals surface area contributed by atoms with Crippen molar-refractivity contribution in [1.29, 1.82) is 0 Å². The smallest absolute Gasteiger partial charge is 0.0907 e. The molecule has 1 aromatic heterocycles. The van der Waals surface area contributed by atoms with Crippen molar-refractivity contribution in [3.63, 3.8) is 0 Å². The molecule has 0 amide bonds. The molecule has 0 saturated heterocycles. The van der Waals surface area contributed by atoms with Crippen molar-refractivity contribution in [2.75, 3.05) is 5.73 Å². The third kappa shape index (κ3) is 1.48. The summed E-state index contributed by atoms with van der Waals surface area (Å²) in [6.07, 6.45) is 0. The molecule has 16 heavy (non-hydrogen) atoms. The molecule has 3 heteroatoms. The Balaban J connectivity index is 2.72. The molecular formula is C13H17N3. The van der Waals surface area contributed by atoms with Crippen LogP contribution in [0.5, 0.6) is 0 Å². The van der Waals surface area contributed by atoms with E-state index in [1.54, 1.807) is 0 Å². The Morgan fingerprint density at radius 2 is 1.81 bits per heavy atom. The first-order chi connectivity index (χ1) is 7.52. The summed E-state index contributed by atoms with van der Waals surface area (Å²) in [5, 5.41) is 4.54. The molecule has 0 aliphatic rings. The van der Waals surface area contributed by atoms with Gasteiger partial charge in [0.15, 0.2) is 0 Å². The normalized spacial score (nSPS) is 10.8. The highest BCUT2D eigenvalue weighted by Gasteiger charge is 2.12. The van der Waals surface area contributed by atoms with Crippen molar-refractivity contribution >= 4 is 5.69 Å². The maximum atomic E-state index is 6.02. The molecule has 1 heterocycles. The van der Waals surface area contributed by atoms with Gasteiger partial charge in [-0.25, -0.2) is 4.68 Å². The number of para-hydroxylation sites is 1. The number of hydrogen-bond acceptors (Lipinski definition) is 2. The van der Waals surface area contributed by atoms with Crippen LogP contribution in [0, 0.1) is 27.7 Å². The number of aryl methyl sites for hydroxylation is 2. The molecule has 1 aromatic carbocycles. The fourth-order valence-electron chi connectivity index (χ4n) is 1.91. The van der Waals surface area contributed by atoms with E-state index in [0.29, 0.717) is 0 Å². The molecular weight excluding hydrogens is 198 g/mol. The van der Waals surface area contributed by atoms with Crippen LogP contribution in [-0.4, -0.2) is 9.78 Å². The zero-order valence-electron chi connectivity index (χ0n) is 10.2. The summed E-state index contributed by atoms with van der Waals surface area (Å²) >= 11 is 0. The van der Waals surface area contributed by atoms with Crippen LogP contribution < -0.4 is 5.73 Å². The number of nitrogens with zero attached hydrogens (tertiary/aromatic N) is 2. The van der Waals surface area contributed by atoms with E-state index in [0.717, 1.165) is 28.3 Å². The molecule has 84 valence electrons. The van der Waals surface area contributed by atoms with Crippen LogP contribution in [0.1, 0.15) is 22.5 Å². The summed E-state index contributed by atoms with van der Waals surface area (Å²) < 4.78 is 1.94. The average Bonchev–Trinajstić information content (AvgIpc) is 2.47. The minimum atomic E-state index is 0.769. The minimum Gasteiger partial charge on any atom is -0.397 e. The van der Waals surface area contributed by atoms with E-state index in [9.17, 15) is 0 Å². The molecule has 0 unspecified atom stereocenters. The van der Waals surface area contributed by atoms with Gasteiger partial charge in [0.05, 0.1) is 17.1 Å². The lowest BCUT2D eigenvalue weighted by atomic mass is 10.1. The van der Waals surface area contributed by atoms with Gasteiger partial charge in [0.1, 0.15) is 0 Å².